The standard InChI is InChI=1S/C16H21NO5S/c1-9(2)14(18)17-11(16(19)20)8-23-15(17)10-5-6-12(21-3)13(7-10)22-4/h5-7,9,11,15H,8H2,1-4H3,(H,19,20)/p-1/t11-,15+/m1/s1. The fourth-order valence-electron chi connectivity index (χ4n) is 2.52. The minimum absolute atomic E-state index is 0.205. The zero-order valence-electron chi connectivity index (χ0n) is 13.6. The van der Waals surface area contributed by atoms with Crippen molar-refractivity contribution in [3.05, 3.63) is 23.8 Å². The van der Waals surface area contributed by atoms with Gasteiger partial charge in [-0.05, 0) is 17.7 Å². The van der Waals surface area contributed by atoms with E-state index in [2.05, 4.69) is 0 Å². The van der Waals surface area contributed by atoms with E-state index in [9.17, 15) is 14.7 Å². The van der Waals surface area contributed by atoms with Crippen LogP contribution >= 0.6 is 11.8 Å². The summed E-state index contributed by atoms with van der Waals surface area (Å²) in [6, 6.07) is 4.42. The maximum atomic E-state index is 12.5. The van der Waals surface area contributed by atoms with Crippen LogP contribution in [0, 0.1) is 5.92 Å². The first kappa shape index (κ1) is 17.5. The Balaban J connectivity index is 2.40. The Labute approximate surface area is 139 Å². The third kappa shape index (κ3) is 3.39. The first-order chi connectivity index (χ1) is 10.9. The van der Waals surface area contributed by atoms with E-state index >= 15 is 0 Å². The van der Waals surface area contributed by atoms with Crippen molar-refractivity contribution < 1.29 is 24.2 Å². The minimum atomic E-state index is -1.23. The van der Waals surface area contributed by atoms with Crippen LogP contribution in [-0.4, -0.2) is 42.8 Å². The number of thioether (sulfide) groups is 1. The number of carbonyl (C=O) groups is 2. The first-order valence-corrected chi connectivity index (χ1v) is 8.32. The van der Waals surface area contributed by atoms with Gasteiger partial charge in [0.2, 0.25) is 5.91 Å². The number of benzene rings is 1. The van der Waals surface area contributed by atoms with Gasteiger partial charge < -0.3 is 24.3 Å². The molecular weight excluding hydrogens is 318 g/mol. The summed E-state index contributed by atoms with van der Waals surface area (Å²) < 4.78 is 10.5. The number of hydrogen-bond donors (Lipinski definition) is 0. The Morgan fingerprint density at radius 3 is 2.43 bits per heavy atom. The lowest BCUT2D eigenvalue weighted by Gasteiger charge is -2.31. The van der Waals surface area contributed by atoms with Crippen molar-refractivity contribution in [1.29, 1.82) is 0 Å². The summed E-state index contributed by atoms with van der Waals surface area (Å²) in [4.78, 5) is 25.3. The molecule has 1 aliphatic heterocycles. The van der Waals surface area contributed by atoms with Crippen LogP contribution in [0.2, 0.25) is 0 Å². The Hall–Kier alpha value is -1.89. The molecule has 126 valence electrons. The smallest absolute Gasteiger partial charge is 0.226 e. The molecule has 2 atom stereocenters. The molecule has 1 heterocycles. The monoisotopic (exact) mass is 338 g/mol. The van der Waals surface area contributed by atoms with Crippen molar-refractivity contribution in [2.24, 2.45) is 5.92 Å². The topological polar surface area (TPSA) is 78.9 Å². The molecule has 2 rings (SSSR count). The molecule has 0 aliphatic carbocycles. The van der Waals surface area contributed by atoms with E-state index in [-0.39, 0.29) is 17.2 Å². The van der Waals surface area contributed by atoms with Gasteiger partial charge in [-0.2, -0.15) is 0 Å². The van der Waals surface area contributed by atoms with Crippen molar-refractivity contribution in [3.8, 4) is 11.5 Å². The molecule has 1 amide bonds. The zero-order chi connectivity index (χ0) is 17.1. The zero-order valence-corrected chi connectivity index (χ0v) is 14.4. The lowest BCUT2D eigenvalue weighted by Crippen LogP contribution is -2.50. The molecule has 1 aliphatic rings. The first-order valence-electron chi connectivity index (χ1n) is 7.27. The van der Waals surface area contributed by atoms with Crippen LogP contribution in [0.4, 0.5) is 0 Å². The second-order valence-corrected chi connectivity index (χ2v) is 6.65. The number of methoxy groups -OCH3 is 2. The number of nitrogens with zero attached hydrogens (tertiary/aromatic N) is 1. The molecule has 0 aromatic heterocycles. The number of carboxylic acids is 1. The molecule has 0 bridgehead atoms. The van der Waals surface area contributed by atoms with E-state index in [0.717, 1.165) is 5.56 Å². The molecule has 1 saturated heterocycles. The summed E-state index contributed by atoms with van der Waals surface area (Å²) in [6.45, 7) is 3.51. The van der Waals surface area contributed by atoms with E-state index in [1.807, 2.05) is 6.07 Å². The molecule has 0 radical (unpaired) electrons. The molecule has 0 spiro atoms. The summed E-state index contributed by atoms with van der Waals surface area (Å²) in [5.41, 5.74) is 0.797. The minimum Gasteiger partial charge on any atom is -0.548 e. The number of carboxylic acid groups (broad SMARTS) is 1. The molecule has 1 aromatic rings. The summed E-state index contributed by atoms with van der Waals surface area (Å²) >= 11 is 1.41. The predicted octanol–water partition coefficient (Wildman–Crippen LogP) is 1.05. The molecule has 1 aromatic carbocycles. The Morgan fingerprint density at radius 2 is 1.91 bits per heavy atom. The Morgan fingerprint density at radius 1 is 1.26 bits per heavy atom. The van der Waals surface area contributed by atoms with Gasteiger partial charge in [-0.3, -0.25) is 4.79 Å². The maximum Gasteiger partial charge on any atom is 0.226 e. The Bertz CT molecular complexity index is 604. The van der Waals surface area contributed by atoms with Gasteiger partial charge in [-0.1, -0.05) is 19.9 Å². The molecule has 0 unspecified atom stereocenters. The van der Waals surface area contributed by atoms with Crippen molar-refractivity contribution in [2.45, 2.75) is 25.3 Å². The van der Waals surface area contributed by atoms with Gasteiger partial charge in [0.1, 0.15) is 5.37 Å². The van der Waals surface area contributed by atoms with Gasteiger partial charge in [0.05, 0.1) is 26.2 Å². The largest absolute Gasteiger partial charge is 0.548 e. The van der Waals surface area contributed by atoms with Gasteiger partial charge in [0.15, 0.2) is 11.5 Å². The molecule has 7 heteroatoms. The van der Waals surface area contributed by atoms with E-state index in [1.165, 1.54) is 23.8 Å². The van der Waals surface area contributed by atoms with E-state index in [0.29, 0.717) is 17.3 Å². The van der Waals surface area contributed by atoms with Crippen molar-refractivity contribution >= 4 is 23.6 Å². The van der Waals surface area contributed by atoms with E-state index in [1.54, 1.807) is 33.1 Å². The highest BCUT2D eigenvalue weighted by molar-refractivity contribution is 7.99. The van der Waals surface area contributed by atoms with E-state index in [4.69, 9.17) is 9.47 Å². The molecule has 1 fully saturated rings. The fraction of sp³-hybridized carbons (Fsp3) is 0.500. The number of carbonyl (C=O) groups excluding carboxylic acids is 2. The lowest BCUT2D eigenvalue weighted by molar-refractivity contribution is -0.310. The molecule has 0 N–H and O–H groups in total. The van der Waals surface area contributed by atoms with Crippen molar-refractivity contribution in [3.63, 3.8) is 0 Å². The normalized spacial score (nSPS) is 20.7. The van der Waals surface area contributed by atoms with Crippen molar-refractivity contribution in [2.75, 3.05) is 20.0 Å². The van der Waals surface area contributed by atoms with Gasteiger partial charge in [-0.25, -0.2) is 0 Å². The molecule has 0 saturated carbocycles. The summed E-state index contributed by atoms with van der Waals surface area (Å²) in [7, 11) is 3.08. The van der Waals surface area contributed by atoms with Gasteiger partial charge in [-0.15, -0.1) is 11.8 Å². The highest BCUT2D eigenvalue weighted by atomic mass is 32.2. The number of ether oxygens (including phenoxy) is 2. The van der Waals surface area contributed by atoms with Gasteiger partial charge in [0.25, 0.3) is 0 Å². The summed E-state index contributed by atoms with van der Waals surface area (Å²) in [5.74, 6) is -0.298. The van der Waals surface area contributed by atoms with Gasteiger partial charge >= 0.3 is 0 Å². The van der Waals surface area contributed by atoms with Crippen LogP contribution < -0.4 is 14.6 Å². The predicted molar refractivity (Wildman–Crippen MR) is 85.2 cm³/mol. The van der Waals surface area contributed by atoms with E-state index < -0.39 is 12.0 Å². The average molecular weight is 338 g/mol. The number of aliphatic carboxylic acids is 1. The fourth-order valence-corrected chi connectivity index (χ4v) is 3.93. The molecule has 6 nitrogen and oxygen atoms in total. The number of amides is 1. The maximum absolute atomic E-state index is 12.5. The van der Waals surface area contributed by atoms with Crippen LogP contribution in [0.15, 0.2) is 18.2 Å². The average Bonchev–Trinajstić information content (AvgIpc) is 2.98. The van der Waals surface area contributed by atoms with Crippen LogP contribution in [0.1, 0.15) is 24.8 Å². The molecular formula is C16H20NO5S-. The second kappa shape index (κ2) is 7.12. The Kier molecular flexibility index (Phi) is 5.41. The van der Waals surface area contributed by atoms with Gasteiger partial charge in [0, 0.05) is 11.7 Å². The van der Waals surface area contributed by atoms with Crippen LogP contribution in [0.3, 0.4) is 0 Å². The van der Waals surface area contributed by atoms with Crippen LogP contribution in [0.5, 0.6) is 11.5 Å². The lowest BCUT2D eigenvalue weighted by atomic mass is 10.1. The second-order valence-electron chi connectivity index (χ2n) is 5.54. The summed E-state index contributed by atoms with van der Waals surface area (Å²) in [5, 5.41) is 11.0. The highest BCUT2D eigenvalue weighted by Gasteiger charge is 2.40. The number of rotatable bonds is 5. The summed E-state index contributed by atoms with van der Waals surface area (Å²) in [6.07, 6.45) is 0. The van der Waals surface area contributed by atoms with Crippen LogP contribution in [0.25, 0.3) is 0 Å². The quantitative estimate of drug-likeness (QED) is 0.798. The van der Waals surface area contributed by atoms with Crippen LogP contribution in [-0.2, 0) is 9.59 Å². The molecule has 23 heavy (non-hydrogen) atoms. The SMILES string of the molecule is COc1ccc([C@@H]2SC[C@H](C(=O)[O-])N2C(=O)C(C)C)cc1OC. The third-order valence-corrected chi connectivity index (χ3v) is 5.04. The number of hydrogen-bond acceptors (Lipinski definition) is 6. The highest BCUT2D eigenvalue weighted by Crippen LogP contribution is 2.44. The third-order valence-electron chi connectivity index (χ3n) is 3.71. The van der Waals surface area contributed by atoms with Crippen molar-refractivity contribution in [1.82, 2.24) is 4.90 Å².